The summed E-state index contributed by atoms with van der Waals surface area (Å²) in [7, 11) is 0. The summed E-state index contributed by atoms with van der Waals surface area (Å²) < 4.78 is 28.5. The molecule has 5 nitrogen and oxygen atoms in total. The van der Waals surface area contributed by atoms with Gasteiger partial charge in [-0.25, -0.2) is 8.78 Å². The fraction of sp³-hybridized carbons (Fsp3) is 0.500. The Morgan fingerprint density at radius 3 is 2.43 bits per heavy atom. The highest BCUT2D eigenvalue weighted by Gasteiger charge is 2.33. The number of anilines is 1. The van der Waals surface area contributed by atoms with Gasteiger partial charge in [0.15, 0.2) is 0 Å². The van der Waals surface area contributed by atoms with Crippen LogP contribution in [0, 0.1) is 11.6 Å². The standard InChI is InChI=1S/C14H17F2N3O2/c15-10-3-8(19-5-7(17)6-19)4-11(16)13(10)9-1-2-12(20)18-14(9)21/h3-4,7,9,14,21H,1-2,5-6,17H2,(H,18,20). The highest BCUT2D eigenvalue weighted by molar-refractivity contribution is 5.77. The number of hydrogen-bond donors (Lipinski definition) is 3. The van der Waals surface area contributed by atoms with Crippen LogP contribution >= 0.6 is 0 Å². The molecule has 0 spiro atoms. The zero-order chi connectivity index (χ0) is 15.1. The summed E-state index contributed by atoms with van der Waals surface area (Å²) in [4.78, 5) is 13.0. The molecule has 21 heavy (non-hydrogen) atoms. The van der Waals surface area contributed by atoms with E-state index in [1.54, 1.807) is 4.90 Å². The van der Waals surface area contributed by atoms with Crippen LogP contribution in [0.3, 0.4) is 0 Å². The summed E-state index contributed by atoms with van der Waals surface area (Å²) in [6.07, 6.45) is -0.906. The molecule has 7 heteroatoms. The van der Waals surface area contributed by atoms with Crippen LogP contribution in [0.1, 0.15) is 24.3 Å². The van der Waals surface area contributed by atoms with Crippen molar-refractivity contribution in [1.29, 1.82) is 0 Å². The predicted molar refractivity (Wildman–Crippen MR) is 72.7 cm³/mol. The Bertz CT molecular complexity index is 552. The van der Waals surface area contributed by atoms with Crippen molar-refractivity contribution in [3.8, 4) is 0 Å². The molecule has 2 aliphatic heterocycles. The first-order chi connectivity index (χ1) is 9.95. The number of nitrogens with one attached hydrogen (secondary N) is 1. The van der Waals surface area contributed by atoms with Crippen molar-refractivity contribution < 1.29 is 18.7 Å². The molecular formula is C14H17F2N3O2. The number of nitrogens with zero attached hydrogens (tertiary/aromatic N) is 1. The van der Waals surface area contributed by atoms with E-state index in [9.17, 15) is 18.7 Å². The fourth-order valence-corrected chi connectivity index (χ4v) is 2.92. The summed E-state index contributed by atoms with van der Waals surface area (Å²) in [5.41, 5.74) is 5.94. The minimum absolute atomic E-state index is 0.0335. The van der Waals surface area contributed by atoms with E-state index in [0.29, 0.717) is 18.8 Å². The van der Waals surface area contributed by atoms with Crippen LogP contribution in [0.25, 0.3) is 0 Å². The molecule has 2 aliphatic rings. The van der Waals surface area contributed by atoms with Gasteiger partial charge in [0.2, 0.25) is 5.91 Å². The molecule has 0 radical (unpaired) electrons. The Morgan fingerprint density at radius 1 is 1.29 bits per heavy atom. The Hall–Kier alpha value is -1.73. The zero-order valence-corrected chi connectivity index (χ0v) is 11.4. The molecule has 1 aromatic rings. The van der Waals surface area contributed by atoms with Crippen LogP contribution in [0.4, 0.5) is 14.5 Å². The van der Waals surface area contributed by atoms with Gasteiger partial charge in [-0.3, -0.25) is 4.79 Å². The molecule has 1 amide bonds. The number of benzene rings is 1. The lowest BCUT2D eigenvalue weighted by molar-refractivity contribution is -0.127. The molecule has 3 rings (SSSR count). The first-order valence-electron chi connectivity index (χ1n) is 6.92. The molecule has 2 atom stereocenters. The normalized spacial score (nSPS) is 26.5. The second kappa shape index (κ2) is 5.23. The fourth-order valence-electron chi connectivity index (χ4n) is 2.92. The second-order valence-electron chi connectivity index (χ2n) is 5.65. The number of aliphatic hydroxyl groups excluding tert-OH is 1. The van der Waals surface area contributed by atoms with Crippen molar-refractivity contribution in [2.24, 2.45) is 5.73 Å². The number of amides is 1. The third kappa shape index (κ3) is 2.58. The molecule has 114 valence electrons. The Labute approximate surface area is 120 Å². The van der Waals surface area contributed by atoms with Crippen molar-refractivity contribution in [1.82, 2.24) is 5.32 Å². The van der Waals surface area contributed by atoms with Gasteiger partial charge in [0.1, 0.15) is 17.9 Å². The summed E-state index contributed by atoms with van der Waals surface area (Å²) in [5.74, 6) is -2.49. The smallest absolute Gasteiger partial charge is 0.222 e. The van der Waals surface area contributed by atoms with Crippen LogP contribution in [0.15, 0.2) is 12.1 Å². The van der Waals surface area contributed by atoms with Crippen molar-refractivity contribution >= 4 is 11.6 Å². The van der Waals surface area contributed by atoms with Crippen LogP contribution in [-0.2, 0) is 4.79 Å². The van der Waals surface area contributed by atoms with Crippen LogP contribution in [-0.4, -0.2) is 36.4 Å². The minimum atomic E-state index is -1.27. The number of halogens is 2. The van der Waals surface area contributed by atoms with Gasteiger partial charge in [-0.2, -0.15) is 0 Å². The quantitative estimate of drug-likeness (QED) is 0.739. The molecular weight excluding hydrogens is 280 g/mol. The molecule has 2 fully saturated rings. The van der Waals surface area contributed by atoms with E-state index in [2.05, 4.69) is 5.32 Å². The highest BCUT2D eigenvalue weighted by Crippen LogP contribution is 2.34. The van der Waals surface area contributed by atoms with Crippen LogP contribution < -0.4 is 16.0 Å². The number of rotatable bonds is 2. The molecule has 1 aromatic carbocycles. The van der Waals surface area contributed by atoms with E-state index >= 15 is 0 Å². The average molecular weight is 297 g/mol. The largest absolute Gasteiger partial charge is 0.373 e. The molecule has 0 aromatic heterocycles. The third-order valence-corrected chi connectivity index (χ3v) is 4.08. The zero-order valence-electron chi connectivity index (χ0n) is 11.4. The predicted octanol–water partition coefficient (Wildman–Crippen LogP) is 0.424. The molecule has 0 saturated carbocycles. The second-order valence-corrected chi connectivity index (χ2v) is 5.65. The molecule has 2 unspecified atom stereocenters. The maximum Gasteiger partial charge on any atom is 0.222 e. The Morgan fingerprint density at radius 2 is 1.90 bits per heavy atom. The van der Waals surface area contributed by atoms with Gasteiger partial charge in [0, 0.05) is 42.7 Å². The van der Waals surface area contributed by atoms with Crippen molar-refractivity contribution in [2.75, 3.05) is 18.0 Å². The third-order valence-electron chi connectivity index (χ3n) is 4.08. The SMILES string of the molecule is NC1CN(c2cc(F)c(C3CCC(=O)NC3O)c(F)c2)C1. The summed E-state index contributed by atoms with van der Waals surface area (Å²) in [6.45, 7) is 1.14. The Balaban J connectivity index is 1.87. The van der Waals surface area contributed by atoms with E-state index in [-0.39, 0.29) is 30.4 Å². The highest BCUT2D eigenvalue weighted by atomic mass is 19.1. The van der Waals surface area contributed by atoms with Crippen molar-refractivity contribution in [3.63, 3.8) is 0 Å². The van der Waals surface area contributed by atoms with E-state index in [1.807, 2.05) is 0 Å². The molecule has 2 heterocycles. The summed E-state index contributed by atoms with van der Waals surface area (Å²) >= 11 is 0. The number of carbonyl (C=O) groups excluding carboxylic acids is 1. The summed E-state index contributed by atoms with van der Waals surface area (Å²) in [6, 6.07) is 2.55. The minimum Gasteiger partial charge on any atom is -0.373 e. The van der Waals surface area contributed by atoms with Gasteiger partial charge in [0.05, 0.1) is 0 Å². The van der Waals surface area contributed by atoms with Crippen LogP contribution in [0.5, 0.6) is 0 Å². The lowest BCUT2D eigenvalue weighted by Gasteiger charge is -2.39. The van der Waals surface area contributed by atoms with E-state index in [4.69, 9.17) is 5.73 Å². The van der Waals surface area contributed by atoms with Gasteiger partial charge in [0.25, 0.3) is 0 Å². The van der Waals surface area contributed by atoms with E-state index in [1.165, 1.54) is 12.1 Å². The molecule has 0 aliphatic carbocycles. The maximum absolute atomic E-state index is 14.3. The lowest BCUT2D eigenvalue weighted by atomic mass is 9.88. The topological polar surface area (TPSA) is 78.6 Å². The first kappa shape index (κ1) is 14.2. The number of hydrogen-bond acceptors (Lipinski definition) is 4. The van der Waals surface area contributed by atoms with Gasteiger partial charge in [-0.1, -0.05) is 0 Å². The Kier molecular flexibility index (Phi) is 3.54. The van der Waals surface area contributed by atoms with Crippen molar-refractivity contribution in [2.45, 2.75) is 31.0 Å². The van der Waals surface area contributed by atoms with Gasteiger partial charge in [-0.05, 0) is 18.6 Å². The average Bonchev–Trinajstić information content (AvgIpc) is 2.36. The molecule has 4 N–H and O–H groups in total. The van der Waals surface area contributed by atoms with Gasteiger partial charge < -0.3 is 21.1 Å². The maximum atomic E-state index is 14.3. The first-order valence-corrected chi connectivity index (χ1v) is 6.92. The lowest BCUT2D eigenvalue weighted by Crippen LogP contribution is -2.56. The van der Waals surface area contributed by atoms with Gasteiger partial charge >= 0.3 is 0 Å². The monoisotopic (exact) mass is 297 g/mol. The summed E-state index contributed by atoms with van der Waals surface area (Å²) in [5, 5.41) is 12.1. The van der Waals surface area contributed by atoms with E-state index in [0.717, 1.165) is 0 Å². The molecule has 2 saturated heterocycles. The number of carbonyl (C=O) groups is 1. The number of piperidine rings is 1. The van der Waals surface area contributed by atoms with E-state index < -0.39 is 23.8 Å². The van der Waals surface area contributed by atoms with Gasteiger partial charge in [-0.15, -0.1) is 0 Å². The van der Waals surface area contributed by atoms with Crippen molar-refractivity contribution in [3.05, 3.63) is 29.3 Å². The number of nitrogens with two attached hydrogens (primary N) is 1. The van der Waals surface area contributed by atoms with Crippen LogP contribution in [0.2, 0.25) is 0 Å². The molecule has 0 bridgehead atoms. The number of aliphatic hydroxyl groups is 1.